The number of nitrogens with zero attached hydrogens (tertiary/aromatic N) is 2. The summed E-state index contributed by atoms with van der Waals surface area (Å²) in [4.78, 5) is 23.7. The maximum atomic E-state index is 11.6. The molecular formula is C13H14N2O4. The number of non-ortho nitro benzene ring substituents is 1. The molecule has 0 atom stereocenters. The highest BCUT2D eigenvalue weighted by Gasteiger charge is 2.24. The van der Waals surface area contributed by atoms with Crippen LogP contribution in [0.4, 0.5) is 11.4 Å². The molecular weight excluding hydrogens is 248 g/mol. The lowest BCUT2D eigenvalue weighted by molar-refractivity contribution is -0.383. The molecule has 6 heteroatoms. The molecule has 1 amide bonds. The first-order valence-electron chi connectivity index (χ1n) is 5.92. The van der Waals surface area contributed by atoms with E-state index in [-0.39, 0.29) is 17.2 Å². The standard InChI is InChI=1S/C13H14N2O4/c1-4-14(9(3)16)12-8(2)19-13-10(12)6-5-7-11(13)15(17)18/h5-7H,4H2,1-3H3. The lowest BCUT2D eigenvalue weighted by Crippen LogP contribution is -2.28. The summed E-state index contributed by atoms with van der Waals surface area (Å²) in [5, 5.41) is 11.6. The molecule has 1 aromatic heterocycles. The molecule has 2 aromatic rings. The Morgan fingerprint density at radius 2 is 2.16 bits per heavy atom. The molecule has 0 fully saturated rings. The van der Waals surface area contributed by atoms with Gasteiger partial charge in [0.25, 0.3) is 0 Å². The zero-order valence-electron chi connectivity index (χ0n) is 11.0. The third-order valence-electron chi connectivity index (χ3n) is 3.00. The first kappa shape index (κ1) is 13.1. The maximum absolute atomic E-state index is 11.6. The molecule has 0 saturated heterocycles. The molecule has 2 rings (SSSR count). The van der Waals surface area contributed by atoms with E-state index < -0.39 is 4.92 Å². The number of nitro benzene ring substituents is 1. The van der Waals surface area contributed by atoms with Crippen LogP contribution in [0.3, 0.4) is 0 Å². The molecule has 1 heterocycles. The van der Waals surface area contributed by atoms with Crippen molar-refractivity contribution in [3.8, 4) is 0 Å². The molecule has 100 valence electrons. The van der Waals surface area contributed by atoms with Crippen LogP contribution in [0.2, 0.25) is 0 Å². The van der Waals surface area contributed by atoms with Crippen LogP contribution in [0.25, 0.3) is 11.0 Å². The van der Waals surface area contributed by atoms with Gasteiger partial charge in [-0.25, -0.2) is 0 Å². The summed E-state index contributed by atoms with van der Waals surface area (Å²) >= 11 is 0. The number of benzene rings is 1. The lowest BCUT2D eigenvalue weighted by atomic mass is 10.2. The summed E-state index contributed by atoms with van der Waals surface area (Å²) in [5.41, 5.74) is 0.722. The average molecular weight is 262 g/mol. The Balaban J connectivity index is 2.76. The van der Waals surface area contributed by atoms with Gasteiger partial charge < -0.3 is 9.32 Å². The van der Waals surface area contributed by atoms with Gasteiger partial charge in [0.05, 0.1) is 16.0 Å². The van der Waals surface area contributed by atoms with Crippen molar-refractivity contribution < 1.29 is 14.1 Å². The van der Waals surface area contributed by atoms with Gasteiger partial charge in [-0.1, -0.05) is 6.07 Å². The van der Waals surface area contributed by atoms with E-state index in [1.807, 2.05) is 6.92 Å². The minimum absolute atomic E-state index is 0.0912. The average Bonchev–Trinajstić information content (AvgIpc) is 2.66. The van der Waals surface area contributed by atoms with Crippen LogP contribution >= 0.6 is 0 Å². The number of hydrogen-bond donors (Lipinski definition) is 0. The van der Waals surface area contributed by atoms with E-state index in [0.29, 0.717) is 23.4 Å². The van der Waals surface area contributed by atoms with Crippen LogP contribution in [0.5, 0.6) is 0 Å². The third kappa shape index (κ3) is 2.05. The molecule has 0 saturated carbocycles. The first-order chi connectivity index (χ1) is 8.97. The number of para-hydroxylation sites is 1. The van der Waals surface area contributed by atoms with Crippen molar-refractivity contribution in [1.82, 2.24) is 0 Å². The van der Waals surface area contributed by atoms with Gasteiger partial charge in [0.15, 0.2) is 0 Å². The number of nitro groups is 1. The molecule has 0 spiro atoms. The molecule has 0 radical (unpaired) electrons. The van der Waals surface area contributed by atoms with Crippen LogP contribution in [0.1, 0.15) is 19.6 Å². The fraction of sp³-hybridized carbons (Fsp3) is 0.308. The van der Waals surface area contributed by atoms with Crippen LogP contribution in [0.15, 0.2) is 22.6 Å². The van der Waals surface area contributed by atoms with E-state index in [0.717, 1.165) is 0 Å². The van der Waals surface area contributed by atoms with Gasteiger partial charge in [0.2, 0.25) is 11.5 Å². The van der Waals surface area contributed by atoms with Gasteiger partial charge >= 0.3 is 5.69 Å². The highest BCUT2D eigenvalue weighted by molar-refractivity contribution is 6.04. The Bertz CT molecular complexity index is 660. The number of furan rings is 1. The largest absolute Gasteiger partial charge is 0.452 e. The van der Waals surface area contributed by atoms with Gasteiger partial charge in [0, 0.05) is 19.5 Å². The number of carbonyl (C=O) groups is 1. The second-order valence-corrected chi connectivity index (χ2v) is 4.18. The molecule has 0 aliphatic heterocycles. The third-order valence-corrected chi connectivity index (χ3v) is 3.00. The van der Waals surface area contributed by atoms with Gasteiger partial charge in [-0.05, 0) is 19.9 Å². The highest BCUT2D eigenvalue weighted by atomic mass is 16.6. The zero-order valence-corrected chi connectivity index (χ0v) is 11.0. The summed E-state index contributed by atoms with van der Waals surface area (Å²) < 4.78 is 5.49. The second-order valence-electron chi connectivity index (χ2n) is 4.18. The SMILES string of the molecule is CCN(C(C)=O)c1c(C)oc2c([N+](=O)[O-])cccc12. The summed E-state index contributed by atoms with van der Waals surface area (Å²) in [6.07, 6.45) is 0. The molecule has 1 aromatic carbocycles. The lowest BCUT2D eigenvalue weighted by Gasteiger charge is -2.18. The van der Waals surface area contributed by atoms with E-state index in [1.54, 1.807) is 24.0 Å². The van der Waals surface area contributed by atoms with Crippen LogP contribution in [0, 0.1) is 17.0 Å². The Kier molecular flexibility index (Phi) is 3.25. The molecule has 19 heavy (non-hydrogen) atoms. The molecule has 0 unspecified atom stereocenters. The summed E-state index contributed by atoms with van der Waals surface area (Å²) in [6.45, 7) is 5.48. The van der Waals surface area contributed by atoms with Gasteiger partial charge in [-0.2, -0.15) is 0 Å². The zero-order chi connectivity index (χ0) is 14.2. The summed E-state index contributed by atoms with van der Waals surface area (Å²) in [5.74, 6) is 0.376. The number of hydrogen-bond acceptors (Lipinski definition) is 4. The number of carbonyl (C=O) groups excluding carboxylic acids is 1. The normalized spacial score (nSPS) is 10.7. The predicted octanol–water partition coefficient (Wildman–Crippen LogP) is 3.02. The van der Waals surface area contributed by atoms with Crippen molar-refractivity contribution in [2.24, 2.45) is 0 Å². The Hall–Kier alpha value is -2.37. The number of amides is 1. The molecule has 0 aliphatic carbocycles. The monoisotopic (exact) mass is 262 g/mol. The van der Waals surface area contributed by atoms with Crippen molar-refractivity contribution in [2.45, 2.75) is 20.8 Å². The number of fused-ring (bicyclic) bond motifs is 1. The fourth-order valence-electron chi connectivity index (χ4n) is 2.23. The van der Waals surface area contributed by atoms with Gasteiger partial charge in [-0.15, -0.1) is 0 Å². The highest BCUT2D eigenvalue weighted by Crippen LogP contribution is 2.37. The molecule has 0 aliphatic rings. The number of aryl methyl sites for hydroxylation is 1. The van der Waals surface area contributed by atoms with Crippen molar-refractivity contribution in [3.05, 3.63) is 34.1 Å². The van der Waals surface area contributed by atoms with E-state index in [9.17, 15) is 14.9 Å². The predicted molar refractivity (Wildman–Crippen MR) is 71.3 cm³/mol. The van der Waals surface area contributed by atoms with E-state index >= 15 is 0 Å². The molecule has 6 nitrogen and oxygen atoms in total. The van der Waals surface area contributed by atoms with Gasteiger partial charge in [-0.3, -0.25) is 14.9 Å². The van der Waals surface area contributed by atoms with E-state index in [4.69, 9.17) is 4.42 Å². The number of anilines is 1. The molecule has 0 N–H and O–H groups in total. The quantitative estimate of drug-likeness (QED) is 0.629. The fourth-order valence-corrected chi connectivity index (χ4v) is 2.23. The van der Waals surface area contributed by atoms with E-state index in [1.165, 1.54) is 13.0 Å². The topological polar surface area (TPSA) is 76.6 Å². The Morgan fingerprint density at radius 1 is 1.47 bits per heavy atom. The van der Waals surface area contributed by atoms with E-state index in [2.05, 4.69) is 0 Å². The van der Waals surface area contributed by atoms with Crippen molar-refractivity contribution >= 4 is 28.3 Å². The Morgan fingerprint density at radius 3 is 2.68 bits per heavy atom. The number of rotatable bonds is 3. The van der Waals surface area contributed by atoms with Crippen molar-refractivity contribution in [1.29, 1.82) is 0 Å². The van der Waals surface area contributed by atoms with Crippen molar-refractivity contribution in [2.75, 3.05) is 11.4 Å². The smallest absolute Gasteiger partial charge is 0.312 e. The minimum atomic E-state index is -0.487. The molecule has 0 bridgehead atoms. The minimum Gasteiger partial charge on any atom is -0.452 e. The van der Waals surface area contributed by atoms with Crippen LogP contribution < -0.4 is 4.90 Å². The second kappa shape index (κ2) is 4.72. The van der Waals surface area contributed by atoms with Crippen molar-refractivity contribution in [3.63, 3.8) is 0 Å². The maximum Gasteiger partial charge on any atom is 0.312 e. The van der Waals surface area contributed by atoms with Crippen LogP contribution in [-0.2, 0) is 4.79 Å². The van der Waals surface area contributed by atoms with Gasteiger partial charge in [0.1, 0.15) is 5.76 Å². The summed E-state index contributed by atoms with van der Waals surface area (Å²) in [7, 11) is 0. The Labute approximate surface area is 109 Å². The first-order valence-corrected chi connectivity index (χ1v) is 5.92. The van der Waals surface area contributed by atoms with Crippen LogP contribution in [-0.4, -0.2) is 17.4 Å². The summed E-state index contributed by atoms with van der Waals surface area (Å²) in [6, 6.07) is 4.70.